The zero-order chi connectivity index (χ0) is 20.4. The fraction of sp³-hybridized carbons (Fsp3) is 0.650. The van der Waals surface area contributed by atoms with Gasteiger partial charge in [0.1, 0.15) is 5.60 Å². The van der Waals surface area contributed by atoms with Crippen LogP contribution in [0.4, 0.5) is 0 Å². The molecule has 0 saturated carbocycles. The second kappa shape index (κ2) is 8.29. The third kappa shape index (κ3) is 5.53. The third-order valence-corrected chi connectivity index (χ3v) is 6.42. The van der Waals surface area contributed by atoms with Crippen molar-refractivity contribution < 1.29 is 22.7 Å². The van der Waals surface area contributed by atoms with E-state index in [1.54, 1.807) is 45.0 Å². The molecule has 1 saturated heterocycles. The van der Waals surface area contributed by atoms with Gasteiger partial charge in [-0.25, -0.2) is 8.42 Å². The van der Waals surface area contributed by atoms with E-state index in [2.05, 4.69) is 0 Å². The van der Waals surface area contributed by atoms with Crippen LogP contribution in [0.2, 0.25) is 0 Å². The van der Waals surface area contributed by atoms with Crippen LogP contribution < -0.4 is 0 Å². The summed E-state index contributed by atoms with van der Waals surface area (Å²) in [5.41, 5.74) is 0.349. The van der Waals surface area contributed by atoms with Crippen molar-refractivity contribution in [3.63, 3.8) is 0 Å². The number of rotatable bonds is 4. The van der Waals surface area contributed by atoms with E-state index in [-0.39, 0.29) is 36.6 Å². The monoisotopic (exact) mass is 397 g/mol. The van der Waals surface area contributed by atoms with E-state index in [1.165, 1.54) is 4.31 Å². The molecular formula is C20H31NO5S. The number of ether oxygens (including phenoxy) is 2. The number of benzene rings is 1. The number of nitrogens with zero attached hydrogens (tertiary/aromatic N) is 1. The number of hydrogen-bond acceptors (Lipinski definition) is 5. The van der Waals surface area contributed by atoms with Crippen LogP contribution >= 0.6 is 0 Å². The van der Waals surface area contributed by atoms with Gasteiger partial charge in [-0.3, -0.25) is 4.79 Å². The molecule has 1 unspecified atom stereocenters. The highest BCUT2D eigenvalue weighted by Gasteiger charge is 2.40. The van der Waals surface area contributed by atoms with Crippen LogP contribution in [0.3, 0.4) is 0 Å². The van der Waals surface area contributed by atoms with Gasteiger partial charge in [0.05, 0.1) is 30.1 Å². The highest BCUT2D eigenvalue weighted by Crippen LogP contribution is 2.27. The van der Waals surface area contributed by atoms with Gasteiger partial charge in [0.25, 0.3) is 0 Å². The number of carbonyl (C=O) groups excluding carboxylic acids is 1. The number of carbonyl (C=O) groups is 1. The lowest BCUT2D eigenvalue weighted by Crippen LogP contribution is -2.47. The predicted molar refractivity (Wildman–Crippen MR) is 104 cm³/mol. The molecule has 6 nitrogen and oxygen atoms in total. The highest BCUT2D eigenvalue weighted by atomic mass is 32.2. The van der Waals surface area contributed by atoms with Crippen molar-refractivity contribution in [2.24, 2.45) is 11.8 Å². The van der Waals surface area contributed by atoms with Crippen LogP contribution in [0.1, 0.15) is 40.2 Å². The first-order valence-corrected chi connectivity index (χ1v) is 10.7. The Balaban J connectivity index is 2.37. The Morgan fingerprint density at radius 1 is 1.19 bits per heavy atom. The molecule has 0 aromatic heterocycles. The topological polar surface area (TPSA) is 72.9 Å². The van der Waals surface area contributed by atoms with Crippen LogP contribution in [0.5, 0.6) is 0 Å². The molecule has 1 heterocycles. The average molecular weight is 398 g/mol. The second-order valence-electron chi connectivity index (χ2n) is 8.47. The van der Waals surface area contributed by atoms with E-state index in [0.29, 0.717) is 0 Å². The summed E-state index contributed by atoms with van der Waals surface area (Å²) < 4.78 is 39.3. The summed E-state index contributed by atoms with van der Waals surface area (Å²) in [6.45, 7) is 11.7. The van der Waals surface area contributed by atoms with Crippen LogP contribution in [0, 0.1) is 18.8 Å². The smallest absolute Gasteiger partial charge is 0.313 e. The van der Waals surface area contributed by atoms with Gasteiger partial charge in [-0.15, -0.1) is 0 Å². The highest BCUT2D eigenvalue weighted by molar-refractivity contribution is 7.89. The third-order valence-electron chi connectivity index (χ3n) is 4.52. The van der Waals surface area contributed by atoms with Crippen molar-refractivity contribution in [3.05, 3.63) is 29.8 Å². The standard InChI is InChI=1S/C20H31NO5S/c1-14(2)18-13-25-12-16(19(22)26-20(4,5)6)11-21(18)27(23,24)17-9-7-15(3)8-10-17/h7-10,14,16,18H,11-13H2,1-6H3/t16?,18-/m1/s1. The zero-order valence-corrected chi connectivity index (χ0v) is 17.9. The minimum Gasteiger partial charge on any atom is -0.460 e. The summed E-state index contributed by atoms with van der Waals surface area (Å²) in [6.07, 6.45) is 0. The molecule has 0 N–H and O–H groups in total. The lowest BCUT2D eigenvalue weighted by atomic mass is 10.0. The van der Waals surface area contributed by atoms with Crippen molar-refractivity contribution in [2.75, 3.05) is 19.8 Å². The van der Waals surface area contributed by atoms with Gasteiger partial charge in [-0.05, 0) is 45.7 Å². The first-order valence-electron chi connectivity index (χ1n) is 9.31. The molecule has 1 aromatic rings. The lowest BCUT2D eigenvalue weighted by Gasteiger charge is -2.32. The number of aryl methyl sites for hydroxylation is 1. The summed E-state index contributed by atoms with van der Waals surface area (Å²) in [5, 5.41) is 0. The van der Waals surface area contributed by atoms with E-state index in [4.69, 9.17) is 9.47 Å². The largest absolute Gasteiger partial charge is 0.460 e. The first kappa shape index (κ1) is 21.9. The Labute approximate surface area is 162 Å². The predicted octanol–water partition coefficient (Wildman–Crippen LogP) is 3.00. The summed E-state index contributed by atoms with van der Waals surface area (Å²) in [4.78, 5) is 12.8. The van der Waals surface area contributed by atoms with Crippen LogP contribution in [0.15, 0.2) is 29.2 Å². The Kier molecular flexibility index (Phi) is 6.71. The summed E-state index contributed by atoms with van der Waals surface area (Å²) in [6, 6.07) is 6.42. The first-order chi connectivity index (χ1) is 12.4. The van der Waals surface area contributed by atoms with Gasteiger partial charge < -0.3 is 9.47 Å². The molecule has 0 radical (unpaired) electrons. The molecule has 1 fully saturated rings. The Bertz CT molecular complexity index is 750. The molecule has 1 aromatic carbocycles. The molecule has 7 heteroatoms. The summed E-state index contributed by atoms with van der Waals surface area (Å²) >= 11 is 0. The number of hydrogen-bond donors (Lipinski definition) is 0. The number of sulfonamides is 1. The van der Waals surface area contributed by atoms with Crippen LogP contribution in [-0.4, -0.2) is 50.1 Å². The minimum absolute atomic E-state index is 0.0441. The average Bonchev–Trinajstić information content (AvgIpc) is 2.77. The second-order valence-corrected chi connectivity index (χ2v) is 10.4. The van der Waals surface area contributed by atoms with Gasteiger partial charge in [0.2, 0.25) is 10.0 Å². The van der Waals surface area contributed by atoms with Gasteiger partial charge in [0, 0.05) is 6.54 Å². The normalized spacial score (nSPS) is 22.5. The molecule has 0 amide bonds. The van der Waals surface area contributed by atoms with Crippen LogP contribution in [0.25, 0.3) is 0 Å². The summed E-state index contributed by atoms with van der Waals surface area (Å²) in [7, 11) is -3.76. The van der Waals surface area contributed by atoms with Crippen molar-refractivity contribution in [3.8, 4) is 0 Å². The minimum atomic E-state index is -3.76. The number of esters is 1. The maximum Gasteiger partial charge on any atom is 0.313 e. The van der Waals surface area contributed by atoms with Crippen LogP contribution in [-0.2, 0) is 24.3 Å². The van der Waals surface area contributed by atoms with Crippen molar-refractivity contribution >= 4 is 16.0 Å². The van der Waals surface area contributed by atoms with Crippen molar-refractivity contribution in [1.82, 2.24) is 4.31 Å². The van der Waals surface area contributed by atoms with Gasteiger partial charge >= 0.3 is 5.97 Å². The van der Waals surface area contributed by atoms with E-state index in [0.717, 1.165) is 5.56 Å². The van der Waals surface area contributed by atoms with Crippen molar-refractivity contribution in [2.45, 2.75) is 58.1 Å². The fourth-order valence-corrected chi connectivity index (χ4v) is 4.78. The van der Waals surface area contributed by atoms with E-state index in [9.17, 15) is 13.2 Å². The van der Waals surface area contributed by atoms with Gasteiger partial charge in [-0.1, -0.05) is 31.5 Å². The molecule has 0 aliphatic carbocycles. The molecule has 1 aliphatic rings. The summed E-state index contributed by atoms with van der Waals surface area (Å²) in [5.74, 6) is -1.05. The van der Waals surface area contributed by atoms with E-state index < -0.39 is 27.5 Å². The van der Waals surface area contributed by atoms with E-state index >= 15 is 0 Å². The maximum absolute atomic E-state index is 13.3. The molecule has 2 atom stereocenters. The van der Waals surface area contributed by atoms with Gasteiger partial charge in [0.15, 0.2) is 0 Å². The SMILES string of the molecule is Cc1ccc(S(=O)(=O)N2CC(C(=O)OC(C)(C)C)COC[C@@H]2C(C)C)cc1. The van der Waals surface area contributed by atoms with Crippen molar-refractivity contribution in [1.29, 1.82) is 0 Å². The van der Waals surface area contributed by atoms with E-state index in [1.807, 2.05) is 20.8 Å². The van der Waals surface area contributed by atoms with Gasteiger partial charge in [-0.2, -0.15) is 4.31 Å². The Morgan fingerprint density at radius 2 is 1.78 bits per heavy atom. The molecule has 0 spiro atoms. The molecular weight excluding hydrogens is 366 g/mol. The molecule has 2 rings (SSSR count). The Morgan fingerprint density at radius 3 is 2.30 bits per heavy atom. The quantitative estimate of drug-likeness (QED) is 0.730. The zero-order valence-electron chi connectivity index (χ0n) is 17.1. The molecule has 1 aliphatic heterocycles. The molecule has 27 heavy (non-hydrogen) atoms. The maximum atomic E-state index is 13.3. The molecule has 152 valence electrons. The molecule has 0 bridgehead atoms. The Hall–Kier alpha value is -1.44. The fourth-order valence-electron chi connectivity index (χ4n) is 2.99. The lowest BCUT2D eigenvalue weighted by molar-refractivity contribution is -0.161.